The largest absolute Gasteiger partial charge is 0.491 e. The van der Waals surface area contributed by atoms with E-state index in [0.717, 1.165) is 11.6 Å². The molecule has 3 aromatic rings. The molecule has 188 valence electrons. The molecule has 0 unspecified atom stereocenters. The minimum absolute atomic E-state index is 0.0201. The predicted molar refractivity (Wildman–Crippen MR) is 133 cm³/mol. The van der Waals surface area contributed by atoms with Crippen molar-refractivity contribution in [3.8, 4) is 11.5 Å². The van der Waals surface area contributed by atoms with Crippen LogP contribution in [0, 0.1) is 6.92 Å². The van der Waals surface area contributed by atoms with Crippen molar-refractivity contribution in [2.45, 2.75) is 19.1 Å². The van der Waals surface area contributed by atoms with Crippen LogP contribution >= 0.6 is 0 Å². The molecule has 36 heavy (non-hydrogen) atoms. The Morgan fingerprint density at radius 1 is 0.972 bits per heavy atom. The Balaban J connectivity index is 1.99. The van der Waals surface area contributed by atoms with Gasteiger partial charge in [-0.2, -0.15) is 0 Å². The Bertz CT molecular complexity index is 1150. The lowest BCUT2D eigenvalue weighted by molar-refractivity contribution is -0.124. The highest BCUT2D eigenvalue weighted by Crippen LogP contribution is 2.33. The van der Waals surface area contributed by atoms with Crippen LogP contribution in [-0.2, 0) is 9.53 Å². The summed E-state index contributed by atoms with van der Waals surface area (Å²) in [5.74, 6) is 0.0311. The fraction of sp³-hybridized carbons (Fsp3) is 0.185. The number of para-hydroxylation sites is 2. The number of anilines is 1. The van der Waals surface area contributed by atoms with Crippen molar-refractivity contribution in [2.24, 2.45) is 0 Å². The molecule has 2 atom stereocenters. The third-order valence-electron chi connectivity index (χ3n) is 4.97. The highest BCUT2D eigenvalue weighted by Gasteiger charge is 2.30. The topological polar surface area (TPSA) is 126 Å². The van der Waals surface area contributed by atoms with Crippen molar-refractivity contribution in [2.75, 3.05) is 18.5 Å². The molecule has 3 rings (SSSR count). The average Bonchev–Trinajstić information content (AvgIpc) is 2.90. The smallest absolute Gasteiger partial charge is 0.412 e. The zero-order valence-electron chi connectivity index (χ0n) is 19.7. The zero-order chi connectivity index (χ0) is 25.8. The van der Waals surface area contributed by atoms with Gasteiger partial charge in [0.25, 0.3) is 5.91 Å². The van der Waals surface area contributed by atoms with Gasteiger partial charge in [0.2, 0.25) is 0 Å². The molecule has 9 heteroatoms. The van der Waals surface area contributed by atoms with Gasteiger partial charge in [-0.1, -0.05) is 54.1 Å². The number of carbonyl (C=O) groups is 2. The molecular formula is C27H28N2O7. The molecule has 0 aliphatic rings. The normalized spacial score (nSPS) is 12.4. The van der Waals surface area contributed by atoms with Crippen molar-refractivity contribution in [3.63, 3.8) is 0 Å². The molecule has 0 saturated heterocycles. The van der Waals surface area contributed by atoms with Crippen molar-refractivity contribution in [3.05, 3.63) is 102 Å². The quantitative estimate of drug-likeness (QED) is 0.180. The van der Waals surface area contributed by atoms with Gasteiger partial charge in [0.05, 0.1) is 6.61 Å². The van der Waals surface area contributed by atoms with Crippen LogP contribution in [-0.4, -0.2) is 41.6 Å². The van der Waals surface area contributed by atoms with E-state index in [0.29, 0.717) is 22.7 Å². The van der Waals surface area contributed by atoms with Crippen molar-refractivity contribution < 1.29 is 34.1 Å². The van der Waals surface area contributed by atoms with Crippen LogP contribution in [0.5, 0.6) is 11.5 Å². The van der Waals surface area contributed by atoms with Gasteiger partial charge in [-0.05, 0) is 43.3 Å². The van der Waals surface area contributed by atoms with Crippen LogP contribution in [0.2, 0.25) is 0 Å². The highest BCUT2D eigenvalue weighted by atomic mass is 16.6. The number of aryl methyl sites for hydroxylation is 1. The summed E-state index contributed by atoms with van der Waals surface area (Å²) >= 11 is 0. The maximum absolute atomic E-state index is 12.9. The van der Waals surface area contributed by atoms with E-state index in [2.05, 4.69) is 5.32 Å². The first kappa shape index (κ1) is 26.3. The van der Waals surface area contributed by atoms with Crippen LogP contribution in [0.3, 0.4) is 0 Å². The molecule has 0 spiro atoms. The Hall–Kier alpha value is -4.34. The van der Waals surface area contributed by atoms with Crippen LogP contribution < -0.4 is 20.3 Å². The third-order valence-corrected chi connectivity index (χ3v) is 4.97. The Morgan fingerprint density at radius 3 is 2.36 bits per heavy atom. The van der Waals surface area contributed by atoms with Crippen LogP contribution in [0.15, 0.2) is 91.0 Å². The lowest BCUT2D eigenvalue weighted by atomic mass is 10.0. The van der Waals surface area contributed by atoms with Gasteiger partial charge in [0.15, 0.2) is 12.2 Å². The minimum Gasteiger partial charge on any atom is -0.491 e. The van der Waals surface area contributed by atoms with Gasteiger partial charge >= 0.3 is 6.09 Å². The van der Waals surface area contributed by atoms with E-state index < -0.39 is 24.2 Å². The Kier molecular flexibility index (Phi) is 9.87. The third kappa shape index (κ3) is 7.86. The number of amides is 2. The molecule has 0 radical (unpaired) electrons. The summed E-state index contributed by atoms with van der Waals surface area (Å²) in [6.07, 6.45) is -0.423. The van der Waals surface area contributed by atoms with Gasteiger partial charge in [-0.15, -0.1) is 0 Å². The number of rotatable bonds is 11. The molecule has 9 nitrogen and oxygen atoms in total. The second kappa shape index (κ2) is 13.5. The number of hydrogen-bond donors (Lipinski definition) is 4. The van der Waals surface area contributed by atoms with Gasteiger partial charge < -0.3 is 19.3 Å². The van der Waals surface area contributed by atoms with Crippen molar-refractivity contribution in [1.29, 1.82) is 0 Å². The standard InChI is InChI=1S/C27H28N2O7/c1-19-11-13-20(14-12-19)28-27(32)36-26(22-9-5-6-10-23(22)34-18-17-30)24(15-16-25(31)29-33)35-21-7-3-2-4-8-21/h2-16,24,26,30,33H,17-18H2,1H3,(H,28,32)(H,29,31)/b16-15+/t24-,26-/m1/s1. The summed E-state index contributed by atoms with van der Waals surface area (Å²) < 4.78 is 17.6. The number of hydrogen-bond acceptors (Lipinski definition) is 7. The van der Waals surface area contributed by atoms with Gasteiger partial charge in [0.1, 0.15) is 18.1 Å². The number of benzene rings is 3. The van der Waals surface area contributed by atoms with Crippen molar-refractivity contribution >= 4 is 17.7 Å². The maximum Gasteiger partial charge on any atom is 0.412 e. The summed E-state index contributed by atoms with van der Waals surface area (Å²) in [6, 6.07) is 22.8. The zero-order valence-corrected chi connectivity index (χ0v) is 19.7. The summed E-state index contributed by atoms with van der Waals surface area (Å²) in [7, 11) is 0. The van der Waals surface area contributed by atoms with Crippen LogP contribution in [0.1, 0.15) is 17.2 Å². The average molecular weight is 493 g/mol. The molecule has 0 aromatic heterocycles. The van der Waals surface area contributed by atoms with E-state index in [1.807, 2.05) is 25.1 Å². The molecule has 4 N–H and O–H groups in total. The molecule has 0 saturated carbocycles. The summed E-state index contributed by atoms with van der Waals surface area (Å²) in [6.45, 7) is 1.74. The monoisotopic (exact) mass is 492 g/mol. The number of nitrogens with one attached hydrogen (secondary N) is 2. The molecule has 0 aliphatic carbocycles. The summed E-state index contributed by atoms with van der Waals surface area (Å²) in [4.78, 5) is 24.7. The molecular weight excluding hydrogens is 464 g/mol. The van der Waals surface area contributed by atoms with Crippen LogP contribution in [0.4, 0.5) is 10.5 Å². The molecule has 0 heterocycles. The molecule has 0 bridgehead atoms. The first-order valence-corrected chi connectivity index (χ1v) is 11.2. The van der Waals surface area contributed by atoms with E-state index in [1.165, 1.54) is 11.6 Å². The van der Waals surface area contributed by atoms with Gasteiger partial charge in [-0.25, -0.2) is 10.3 Å². The molecule has 2 amide bonds. The van der Waals surface area contributed by atoms with Crippen LogP contribution in [0.25, 0.3) is 0 Å². The predicted octanol–water partition coefficient (Wildman–Crippen LogP) is 4.17. The van der Waals surface area contributed by atoms with E-state index in [-0.39, 0.29) is 13.2 Å². The highest BCUT2D eigenvalue weighted by molar-refractivity contribution is 5.86. The molecule has 0 fully saturated rings. The van der Waals surface area contributed by atoms with E-state index in [1.54, 1.807) is 60.7 Å². The molecule has 3 aromatic carbocycles. The van der Waals surface area contributed by atoms with Gasteiger partial charge in [-0.3, -0.25) is 15.3 Å². The van der Waals surface area contributed by atoms with Gasteiger partial charge in [0, 0.05) is 17.3 Å². The number of aliphatic hydroxyl groups excluding tert-OH is 1. The van der Waals surface area contributed by atoms with E-state index in [4.69, 9.17) is 19.4 Å². The fourth-order valence-electron chi connectivity index (χ4n) is 3.29. The first-order chi connectivity index (χ1) is 17.5. The number of aliphatic hydroxyl groups is 1. The summed E-state index contributed by atoms with van der Waals surface area (Å²) in [5, 5.41) is 20.9. The first-order valence-electron chi connectivity index (χ1n) is 11.2. The van der Waals surface area contributed by atoms with Crippen molar-refractivity contribution in [1.82, 2.24) is 5.48 Å². The Morgan fingerprint density at radius 2 is 1.67 bits per heavy atom. The summed E-state index contributed by atoms with van der Waals surface area (Å²) in [5.41, 5.74) is 3.54. The maximum atomic E-state index is 12.9. The number of ether oxygens (including phenoxy) is 3. The van der Waals surface area contributed by atoms with E-state index >= 15 is 0 Å². The fourth-order valence-corrected chi connectivity index (χ4v) is 3.29. The SMILES string of the molecule is Cc1ccc(NC(=O)O[C@H](c2ccccc2OCCO)[C@@H](/C=C/C(=O)NO)Oc2ccccc2)cc1. The lowest BCUT2D eigenvalue weighted by Crippen LogP contribution is -2.30. The molecule has 0 aliphatic heterocycles. The number of carbonyl (C=O) groups excluding carboxylic acids is 2. The second-order valence-electron chi connectivity index (χ2n) is 7.66. The van der Waals surface area contributed by atoms with E-state index in [9.17, 15) is 14.7 Å². The Labute approximate surface area is 208 Å². The lowest BCUT2D eigenvalue weighted by Gasteiger charge is -2.27. The second-order valence-corrected chi connectivity index (χ2v) is 7.66. The minimum atomic E-state index is -1.09. The number of hydroxylamine groups is 1.